The lowest BCUT2D eigenvalue weighted by atomic mass is 10.3. The van der Waals surface area contributed by atoms with E-state index in [1.54, 1.807) is 0 Å². The molecule has 0 aromatic rings. The number of nitrogens with two attached hydrogens (primary N) is 1. The summed E-state index contributed by atoms with van der Waals surface area (Å²) in [4.78, 5) is 43.7. The zero-order valence-electron chi connectivity index (χ0n) is 10.5. The molecule has 0 radical (unpaired) electrons. The molecule has 9 nitrogen and oxygen atoms in total. The number of carbonyl (C=O) groups is 4. The molecule has 0 saturated heterocycles. The average Bonchev–Trinajstić information content (AvgIpc) is 2.38. The normalized spacial score (nSPS) is 13.1. The second-order valence-corrected chi connectivity index (χ2v) is 4.26. The van der Waals surface area contributed by atoms with Crippen molar-refractivity contribution in [2.45, 2.75) is 24.9 Å². The van der Waals surface area contributed by atoms with Gasteiger partial charge >= 0.3 is 11.9 Å². The van der Waals surface area contributed by atoms with Gasteiger partial charge in [-0.1, -0.05) is 0 Å². The molecule has 10 heteroatoms. The topological polar surface area (TPSA) is 159 Å². The summed E-state index contributed by atoms with van der Waals surface area (Å²) in [6.45, 7) is -0.567. The molecule has 20 heavy (non-hydrogen) atoms. The molecule has 0 rings (SSSR count). The molecule has 0 unspecified atom stereocenters. The Morgan fingerprint density at radius 2 is 1.80 bits per heavy atom. The quantitative estimate of drug-likeness (QED) is 0.208. The predicted molar refractivity (Wildman–Crippen MR) is 71.3 cm³/mol. The summed E-state index contributed by atoms with van der Waals surface area (Å²) in [5, 5.41) is 21.4. The molecule has 0 spiro atoms. The standard InChI is InChI=1S/C10H17N3O6S/c11-5(10(18)19)1-2-7(14)13-6(4-20)9(17)12-3-8(15)16/h5-6,20H,1-4,11H2,(H,12,17)(H,13,14)(H,15,16)(H,18,19)/t5-,6-/m0/s1/i1+1,2+1,5+1,7+1,10+1. The number of aliphatic carboxylic acids is 2. The van der Waals surface area contributed by atoms with Gasteiger partial charge in [0.25, 0.3) is 0 Å². The summed E-state index contributed by atoms with van der Waals surface area (Å²) in [5.41, 5.74) is 5.23. The van der Waals surface area contributed by atoms with E-state index in [0.717, 1.165) is 0 Å². The maximum atomic E-state index is 11.5. The minimum Gasteiger partial charge on any atom is -0.480 e. The molecule has 0 fully saturated rings. The lowest BCUT2D eigenvalue weighted by Gasteiger charge is -2.16. The van der Waals surface area contributed by atoms with Gasteiger partial charge in [-0.2, -0.15) is 12.6 Å². The Labute approximate surface area is 120 Å². The van der Waals surface area contributed by atoms with Crippen molar-refractivity contribution in [3.05, 3.63) is 0 Å². The van der Waals surface area contributed by atoms with E-state index in [1.165, 1.54) is 0 Å². The van der Waals surface area contributed by atoms with E-state index in [0.29, 0.717) is 0 Å². The van der Waals surface area contributed by atoms with Crippen molar-refractivity contribution in [1.82, 2.24) is 10.6 Å². The van der Waals surface area contributed by atoms with Crippen molar-refractivity contribution in [3.8, 4) is 0 Å². The van der Waals surface area contributed by atoms with Gasteiger partial charge in [-0.05, 0) is 6.42 Å². The average molecular weight is 312 g/mol. The molecule has 0 aromatic carbocycles. The number of nitrogens with one attached hydrogen (secondary N) is 2. The van der Waals surface area contributed by atoms with Crippen LogP contribution in [0, 0.1) is 0 Å². The maximum absolute atomic E-state index is 11.5. The van der Waals surface area contributed by atoms with Crippen LogP contribution in [-0.2, 0) is 19.2 Å². The van der Waals surface area contributed by atoms with Crippen LogP contribution in [0.15, 0.2) is 0 Å². The minimum absolute atomic E-state index is 0.0256. The third kappa shape index (κ3) is 7.59. The first kappa shape index (κ1) is 18.2. The third-order valence-corrected chi connectivity index (χ3v) is 2.61. The van der Waals surface area contributed by atoms with E-state index in [2.05, 4.69) is 23.3 Å². The number of amides is 2. The zero-order chi connectivity index (χ0) is 15.7. The predicted octanol–water partition coefficient (Wildman–Crippen LogP) is -2.21. The molecule has 2 amide bonds. The Bertz CT molecular complexity index is 389. The van der Waals surface area contributed by atoms with E-state index in [4.69, 9.17) is 15.9 Å². The highest BCUT2D eigenvalue weighted by atomic mass is 32.1. The Balaban J connectivity index is 4.21. The molecular weight excluding hydrogens is 295 g/mol. The molecular formula is C10H17N3O6S. The molecule has 0 bridgehead atoms. The highest BCUT2D eigenvalue weighted by Gasteiger charge is 2.20. The maximum Gasteiger partial charge on any atom is 0.322 e. The fraction of sp³-hybridized carbons (Fsp3) is 0.600. The van der Waals surface area contributed by atoms with Crippen LogP contribution in [0.5, 0.6) is 0 Å². The summed E-state index contributed by atoms with van der Waals surface area (Å²) >= 11 is 3.87. The van der Waals surface area contributed by atoms with Gasteiger partial charge < -0.3 is 26.6 Å². The van der Waals surface area contributed by atoms with Crippen LogP contribution in [0.1, 0.15) is 12.8 Å². The van der Waals surface area contributed by atoms with Crippen molar-refractivity contribution >= 4 is 36.4 Å². The van der Waals surface area contributed by atoms with E-state index < -0.39 is 42.4 Å². The van der Waals surface area contributed by atoms with Gasteiger partial charge in [0.1, 0.15) is 18.6 Å². The number of hydrogen-bond acceptors (Lipinski definition) is 6. The molecule has 0 aliphatic carbocycles. The second kappa shape index (κ2) is 9.15. The lowest BCUT2D eigenvalue weighted by molar-refractivity contribution is -0.139. The molecule has 6 N–H and O–H groups in total. The molecule has 0 heterocycles. The van der Waals surface area contributed by atoms with E-state index in [1.807, 2.05) is 0 Å². The zero-order valence-corrected chi connectivity index (χ0v) is 11.4. The molecule has 0 aromatic heterocycles. The lowest BCUT2D eigenvalue weighted by Crippen LogP contribution is -2.49. The van der Waals surface area contributed by atoms with Crippen LogP contribution < -0.4 is 16.4 Å². The highest BCUT2D eigenvalue weighted by molar-refractivity contribution is 7.80. The molecule has 0 saturated carbocycles. The van der Waals surface area contributed by atoms with Crippen LogP contribution in [0.2, 0.25) is 0 Å². The van der Waals surface area contributed by atoms with Crippen LogP contribution in [0.4, 0.5) is 0 Å². The monoisotopic (exact) mass is 312 g/mol. The number of carboxylic acids is 2. The van der Waals surface area contributed by atoms with Crippen molar-refractivity contribution in [1.29, 1.82) is 0 Å². The second-order valence-electron chi connectivity index (χ2n) is 3.90. The van der Waals surface area contributed by atoms with Gasteiger partial charge in [0.05, 0.1) is 0 Å². The van der Waals surface area contributed by atoms with Gasteiger partial charge in [0.2, 0.25) is 11.8 Å². The van der Waals surface area contributed by atoms with E-state index in [9.17, 15) is 19.2 Å². The number of carbonyl (C=O) groups excluding carboxylic acids is 2. The number of rotatable bonds is 9. The Morgan fingerprint density at radius 1 is 1.20 bits per heavy atom. The Kier molecular flexibility index (Phi) is 8.32. The van der Waals surface area contributed by atoms with Crippen molar-refractivity contribution in [2.75, 3.05) is 12.3 Å². The molecule has 2 atom stereocenters. The van der Waals surface area contributed by atoms with Gasteiger partial charge in [0, 0.05) is 12.2 Å². The first-order valence-corrected chi connectivity index (χ1v) is 6.29. The number of thiol groups is 1. The SMILES string of the molecule is N[13C@@H]([13CH2][13CH2][13C](=O)N[C@@H](CS)C(=O)NCC(=O)O)[13C](=O)O. The summed E-state index contributed by atoms with van der Waals surface area (Å²) in [6.07, 6.45) is -0.235. The van der Waals surface area contributed by atoms with Gasteiger partial charge in [-0.15, -0.1) is 0 Å². The van der Waals surface area contributed by atoms with Crippen molar-refractivity contribution in [3.63, 3.8) is 0 Å². The van der Waals surface area contributed by atoms with Crippen molar-refractivity contribution in [2.24, 2.45) is 5.73 Å². The van der Waals surface area contributed by atoms with E-state index in [-0.39, 0.29) is 18.6 Å². The smallest absolute Gasteiger partial charge is 0.322 e. The van der Waals surface area contributed by atoms with Crippen LogP contribution in [0.3, 0.4) is 0 Å². The van der Waals surface area contributed by atoms with Crippen LogP contribution in [-0.4, -0.2) is 58.3 Å². The molecule has 0 aliphatic rings. The minimum atomic E-state index is -1.22. The van der Waals surface area contributed by atoms with Crippen LogP contribution in [0.25, 0.3) is 0 Å². The molecule has 0 aliphatic heterocycles. The van der Waals surface area contributed by atoms with Gasteiger partial charge in [0.15, 0.2) is 0 Å². The first-order valence-electron chi connectivity index (χ1n) is 5.66. The largest absolute Gasteiger partial charge is 0.480 e. The van der Waals surface area contributed by atoms with Gasteiger partial charge in [-0.3, -0.25) is 19.2 Å². The Hall–Kier alpha value is -1.81. The van der Waals surface area contributed by atoms with E-state index >= 15 is 0 Å². The number of carboxylic acid groups (broad SMARTS) is 2. The fourth-order valence-corrected chi connectivity index (χ4v) is 1.41. The van der Waals surface area contributed by atoms with Gasteiger partial charge in [-0.25, -0.2) is 0 Å². The summed E-state index contributed by atoms with van der Waals surface area (Å²) in [5.74, 6) is -3.70. The third-order valence-electron chi connectivity index (χ3n) is 2.25. The highest BCUT2D eigenvalue weighted by Crippen LogP contribution is 1.97. The number of hydrogen-bond donors (Lipinski definition) is 6. The molecule has 114 valence electrons. The van der Waals surface area contributed by atoms with Crippen LogP contribution >= 0.6 is 12.6 Å². The Morgan fingerprint density at radius 3 is 2.25 bits per heavy atom. The summed E-state index contributed by atoms with van der Waals surface area (Å²) in [6, 6.07) is -2.15. The fourth-order valence-electron chi connectivity index (χ4n) is 1.16. The first-order chi connectivity index (χ1) is 9.27. The summed E-state index contributed by atoms with van der Waals surface area (Å²) < 4.78 is 0. The van der Waals surface area contributed by atoms with Crippen molar-refractivity contribution < 1.29 is 29.4 Å². The summed E-state index contributed by atoms with van der Waals surface area (Å²) in [7, 11) is 0.